The first-order valence-corrected chi connectivity index (χ1v) is 6.65. The summed E-state index contributed by atoms with van der Waals surface area (Å²) >= 11 is 2.42. The monoisotopic (exact) mass is 340 g/mol. The van der Waals surface area contributed by atoms with Gasteiger partial charge in [-0.1, -0.05) is 0 Å². The molecule has 0 aliphatic heterocycles. The van der Waals surface area contributed by atoms with E-state index in [-0.39, 0.29) is 0 Å². The average Bonchev–Trinajstić information content (AvgIpc) is 2.05. The van der Waals surface area contributed by atoms with Crippen molar-refractivity contribution >= 4 is 35.7 Å². The third-order valence-electron chi connectivity index (χ3n) is 1.60. The minimum Gasteiger partial charge on any atom is -0.207 e. The van der Waals surface area contributed by atoms with E-state index in [1.165, 1.54) is 0 Å². The van der Waals surface area contributed by atoms with E-state index in [0.29, 0.717) is 12.1 Å². The maximum Gasteiger partial charge on any atom is 0.417 e. The Morgan fingerprint density at radius 3 is 2.12 bits per heavy atom. The molecule has 0 atom stereocenters. The van der Waals surface area contributed by atoms with Crippen LogP contribution in [0.4, 0.5) is 17.6 Å². The van der Waals surface area contributed by atoms with Gasteiger partial charge in [0.15, 0.2) is 0 Å². The summed E-state index contributed by atoms with van der Waals surface area (Å²) in [5.74, 6) is -1.15. The molecule has 1 rings (SSSR count). The topological polar surface area (TPSA) is 34.1 Å². The molecule has 16 heavy (non-hydrogen) atoms. The van der Waals surface area contributed by atoms with Crippen molar-refractivity contribution in [2.75, 3.05) is 0 Å². The van der Waals surface area contributed by atoms with E-state index in [1.54, 1.807) is 0 Å². The fourth-order valence-corrected chi connectivity index (χ4v) is 3.50. The van der Waals surface area contributed by atoms with E-state index in [4.69, 9.17) is 10.7 Å². The summed E-state index contributed by atoms with van der Waals surface area (Å²) in [6.45, 7) is 0. The third kappa shape index (κ3) is 2.67. The van der Waals surface area contributed by atoms with Crippen molar-refractivity contribution in [2.24, 2.45) is 0 Å². The Morgan fingerprint density at radius 2 is 1.75 bits per heavy atom. The molecule has 90 valence electrons. The van der Waals surface area contributed by atoms with Gasteiger partial charge >= 0.3 is 6.18 Å². The highest BCUT2D eigenvalue weighted by molar-refractivity contribution is 9.10. The summed E-state index contributed by atoms with van der Waals surface area (Å²) in [6.07, 6.45) is -4.94. The molecule has 0 aliphatic rings. The summed E-state index contributed by atoms with van der Waals surface area (Å²) in [7, 11) is 0.118. The molecule has 0 amide bonds. The Bertz CT molecular complexity index is 526. The molecule has 0 aliphatic carbocycles. The van der Waals surface area contributed by atoms with Crippen LogP contribution in [-0.2, 0) is 15.2 Å². The van der Waals surface area contributed by atoms with Crippen LogP contribution in [0.2, 0.25) is 0 Å². The highest BCUT2D eigenvalue weighted by atomic mass is 79.9. The summed E-state index contributed by atoms with van der Waals surface area (Å²) in [5, 5.41) is 0. The second-order valence-corrected chi connectivity index (χ2v) is 5.97. The van der Waals surface area contributed by atoms with Crippen LogP contribution in [0.15, 0.2) is 21.5 Å². The van der Waals surface area contributed by atoms with E-state index in [0.717, 1.165) is 0 Å². The molecule has 9 heteroatoms. The summed E-state index contributed by atoms with van der Waals surface area (Å²) < 4.78 is 71.3. The van der Waals surface area contributed by atoms with Gasteiger partial charge in [-0.15, -0.1) is 0 Å². The van der Waals surface area contributed by atoms with Crippen LogP contribution >= 0.6 is 26.6 Å². The largest absolute Gasteiger partial charge is 0.417 e. The van der Waals surface area contributed by atoms with Crippen molar-refractivity contribution in [3.63, 3.8) is 0 Å². The Labute approximate surface area is 101 Å². The van der Waals surface area contributed by atoms with E-state index < -0.39 is 36.0 Å². The van der Waals surface area contributed by atoms with Crippen molar-refractivity contribution < 1.29 is 26.0 Å². The smallest absolute Gasteiger partial charge is 0.207 e. The number of halogens is 6. The second-order valence-electron chi connectivity index (χ2n) is 2.67. The zero-order valence-electron chi connectivity index (χ0n) is 7.15. The standard InChI is InChI=1S/C7H2BrClF4O2S/c8-5-4(10)2-1-3(7(11,12)13)6(5)16(9,14)15/h1-2H. The van der Waals surface area contributed by atoms with Gasteiger partial charge in [0, 0.05) is 10.7 Å². The SMILES string of the molecule is O=S(=O)(Cl)c1c(C(F)(F)F)ccc(F)c1Br. The second kappa shape index (κ2) is 4.15. The van der Waals surface area contributed by atoms with Gasteiger partial charge in [-0.2, -0.15) is 13.2 Å². The lowest BCUT2D eigenvalue weighted by atomic mass is 10.2. The molecule has 0 spiro atoms. The fraction of sp³-hybridized carbons (Fsp3) is 0.143. The van der Waals surface area contributed by atoms with Gasteiger partial charge in [0.25, 0.3) is 9.05 Å². The maximum absolute atomic E-state index is 12.9. The molecular formula is C7H2BrClF4O2S. The molecule has 0 saturated carbocycles. The summed E-state index contributed by atoms with van der Waals surface area (Å²) in [6, 6.07) is 0.813. The van der Waals surface area contributed by atoms with Crippen molar-refractivity contribution in [3.8, 4) is 0 Å². The van der Waals surface area contributed by atoms with E-state index in [2.05, 4.69) is 15.9 Å². The van der Waals surface area contributed by atoms with Gasteiger partial charge in [-0.3, -0.25) is 0 Å². The number of hydrogen-bond acceptors (Lipinski definition) is 2. The normalized spacial score (nSPS) is 12.9. The van der Waals surface area contributed by atoms with E-state index in [9.17, 15) is 26.0 Å². The molecular weight excluding hydrogens is 339 g/mol. The van der Waals surface area contributed by atoms with Gasteiger partial charge < -0.3 is 0 Å². The van der Waals surface area contributed by atoms with Gasteiger partial charge in [-0.25, -0.2) is 12.8 Å². The molecule has 1 aromatic rings. The minimum atomic E-state index is -4.94. The maximum atomic E-state index is 12.9. The molecule has 0 aromatic heterocycles. The van der Waals surface area contributed by atoms with E-state index in [1.807, 2.05) is 0 Å². The predicted octanol–water partition coefficient (Wildman–Crippen LogP) is 3.53. The van der Waals surface area contributed by atoms with Crippen molar-refractivity contribution in [1.82, 2.24) is 0 Å². The first kappa shape index (κ1) is 13.7. The quantitative estimate of drug-likeness (QED) is 0.578. The Balaban J connectivity index is 3.73. The first-order chi connectivity index (χ1) is 7.05. The Morgan fingerprint density at radius 1 is 1.25 bits per heavy atom. The lowest BCUT2D eigenvalue weighted by Gasteiger charge is -2.12. The third-order valence-corrected chi connectivity index (χ3v) is 4.01. The van der Waals surface area contributed by atoms with Crippen molar-refractivity contribution in [1.29, 1.82) is 0 Å². The van der Waals surface area contributed by atoms with Crippen molar-refractivity contribution in [3.05, 3.63) is 28.0 Å². The number of rotatable bonds is 1. The number of benzene rings is 1. The molecule has 0 unspecified atom stereocenters. The van der Waals surface area contributed by atoms with Crippen molar-refractivity contribution in [2.45, 2.75) is 11.1 Å². The van der Waals surface area contributed by atoms with Gasteiger partial charge in [0.2, 0.25) is 0 Å². The molecule has 1 aromatic carbocycles. The van der Waals surface area contributed by atoms with Crippen LogP contribution in [0.1, 0.15) is 5.56 Å². The van der Waals surface area contributed by atoms with Crippen LogP contribution in [0.5, 0.6) is 0 Å². The van der Waals surface area contributed by atoms with Crippen LogP contribution in [0, 0.1) is 5.82 Å². The minimum absolute atomic E-state index is 0.315. The molecule has 0 radical (unpaired) electrons. The molecule has 0 saturated heterocycles. The fourth-order valence-electron chi connectivity index (χ4n) is 0.994. The highest BCUT2D eigenvalue weighted by Gasteiger charge is 2.38. The predicted molar refractivity (Wildman–Crippen MR) is 52.1 cm³/mol. The Hall–Kier alpha value is -0.340. The zero-order valence-corrected chi connectivity index (χ0v) is 10.3. The lowest BCUT2D eigenvalue weighted by molar-refractivity contribution is -0.140. The molecule has 2 nitrogen and oxygen atoms in total. The zero-order chi connectivity index (χ0) is 12.7. The summed E-state index contributed by atoms with van der Waals surface area (Å²) in [4.78, 5) is -1.32. The van der Waals surface area contributed by atoms with Gasteiger partial charge in [-0.05, 0) is 28.1 Å². The highest BCUT2D eigenvalue weighted by Crippen LogP contribution is 2.39. The van der Waals surface area contributed by atoms with Crippen LogP contribution < -0.4 is 0 Å². The summed E-state index contributed by atoms with van der Waals surface area (Å²) in [5.41, 5.74) is -1.52. The van der Waals surface area contributed by atoms with Gasteiger partial charge in [0.05, 0.1) is 10.0 Å². The average molecular weight is 342 g/mol. The van der Waals surface area contributed by atoms with Gasteiger partial charge in [0.1, 0.15) is 10.7 Å². The molecule has 0 bridgehead atoms. The van der Waals surface area contributed by atoms with E-state index >= 15 is 0 Å². The lowest BCUT2D eigenvalue weighted by Crippen LogP contribution is -2.12. The number of alkyl halides is 3. The number of hydrogen-bond donors (Lipinski definition) is 0. The first-order valence-electron chi connectivity index (χ1n) is 3.55. The molecule has 0 heterocycles. The molecule has 0 N–H and O–H groups in total. The molecule has 0 fully saturated rings. The Kier molecular flexibility index (Phi) is 3.56. The van der Waals surface area contributed by atoms with Crippen LogP contribution in [0.3, 0.4) is 0 Å². The van der Waals surface area contributed by atoms with Crippen LogP contribution in [-0.4, -0.2) is 8.42 Å². The van der Waals surface area contributed by atoms with Crippen LogP contribution in [0.25, 0.3) is 0 Å².